The highest BCUT2D eigenvalue weighted by Crippen LogP contribution is 2.30. The first-order chi connectivity index (χ1) is 9.46. The van der Waals surface area contributed by atoms with Gasteiger partial charge in [-0.1, -0.05) is 11.6 Å². The molecule has 1 aromatic heterocycles. The first-order valence-electron chi connectivity index (χ1n) is 5.52. The molecule has 0 spiro atoms. The first-order valence-corrected chi connectivity index (χ1v) is 7.38. The van der Waals surface area contributed by atoms with E-state index in [1.807, 2.05) is 0 Å². The summed E-state index contributed by atoms with van der Waals surface area (Å²) in [6.07, 6.45) is 0. The minimum absolute atomic E-state index is 0.156. The third-order valence-electron chi connectivity index (χ3n) is 2.46. The van der Waals surface area contributed by atoms with Crippen LogP contribution in [0.4, 0.5) is 5.69 Å². The summed E-state index contributed by atoms with van der Waals surface area (Å²) in [6.45, 7) is -0.379. The molecule has 1 heterocycles. The summed E-state index contributed by atoms with van der Waals surface area (Å²) in [5, 5.41) is 8.94. The van der Waals surface area contributed by atoms with Crippen LogP contribution in [-0.4, -0.2) is 20.6 Å². The Labute approximate surface area is 121 Å². The standard InChI is InChI=1S/C12H12ClNO5S/c1-18-11-4-2-8(13)6-10(11)14-20(16,17)12-5-3-9(7-15)19-12/h2-6,14-15H,7H2,1H3. The Balaban J connectivity index is 2.35. The molecule has 2 N–H and O–H groups in total. The molecule has 2 rings (SSSR count). The lowest BCUT2D eigenvalue weighted by molar-refractivity contribution is 0.236. The van der Waals surface area contributed by atoms with Crippen LogP contribution < -0.4 is 9.46 Å². The number of rotatable bonds is 5. The molecule has 0 aliphatic rings. The molecular formula is C12H12ClNO5S. The maximum absolute atomic E-state index is 12.1. The second-order valence-electron chi connectivity index (χ2n) is 3.83. The van der Waals surface area contributed by atoms with Gasteiger partial charge in [-0.25, -0.2) is 0 Å². The van der Waals surface area contributed by atoms with Crippen LogP contribution >= 0.6 is 11.6 Å². The molecular weight excluding hydrogens is 306 g/mol. The van der Waals surface area contributed by atoms with E-state index in [4.69, 9.17) is 25.9 Å². The molecule has 0 saturated carbocycles. The van der Waals surface area contributed by atoms with Gasteiger partial charge in [-0.2, -0.15) is 8.42 Å². The Morgan fingerprint density at radius 2 is 2.10 bits per heavy atom. The monoisotopic (exact) mass is 317 g/mol. The molecule has 1 aromatic carbocycles. The molecule has 0 bridgehead atoms. The van der Waals surface area contributed by atoms with Crippen molar-refractivity contribution in [3.05, 3.63) is 41.1 Å². The van der Waals surface area contributed by atoms with E-state index >= 15 is 0 Å². The van der Waals surface area contributed by atoms with Crippen molar-refractivity contribution >= 4 is 27.3 Å². The molecule has 0 amide bonds. The zero-order chi connectivity index (χ0) is 14.8. The van der Waals surface area contributed by atoms with E-state index in [9.17, 15) is 8.42 Å². The van der Waals surface area contributed by atoms with Crippen LogP contribution in [0.2, 0.25) is 5.02 Å². The van der Waals surface area contributed by atoms with Crippen molar-refractivity contribution in [3.8, 4) is 5.75 Å². The van der Waals surface area contributed by atoms with Gasteiger partial charge in [0.1, 0.15) is 18.1 Å². The van der Waals surface area contributed by atoms with Crippen molar-refractivity contribution in [2.24, 2.45) is 0 Å². The van der Waals surface area contributed by atoms with Gasteiger partial charge >= 0.3 is 0 Å². The van der Waals surface area contributed by atoms with E-state index < -0.39 is 10.0 Å². The summed E-state index contributed by atoms with van der Waals surface area (Å²) in [5.41, 5.74) is 0.196. The predicted octanol–water partition coefficient (Wildman–Crippen LogP) is 2.23. The Bertz CT molecular complexity index is 710. The summed E-state index contributed by atoms with van der Waals surface area (Å²) in [7, 11) is -2.50. The molecule has 0 aliphatic carbocycles. The van der Waals surface area contributed by atoms with E-state index in [2.05, 4.69) is 4.72 Å². The van der Waals surface area contributed by atoms with Crippen molar-refractivity contribution in [1.29, 1.82) is 0 Å². The van der Waals surface area contributed by atoms with Crippen LogP contribution in [-0.2, 0) is 16.6 Å². The summed E-state index contributed by atoms with van der Waals surface area (Å²) in [6, 6.07) is 7.18. The van der Waals surface area contributed by atoms with E-state index in [0.717, 1.165) is 0 Å². The van der Waals surface area contributed by atoms with Gasteiger partial charge in [0.2, 0.25) is 5.09 Å². The minimum atomic E-state index is -3.92. The summed E-state index contributed by atoms with van der Waals surface area (Å²) >= 11 is 5.83. The maximum Gasteiger partial charge on any atom is 0.295 e. The molecule has 2 aromatic rings. The number of ether oxygens (including phenoxy) is 1. The molecule has 20 heavy (non-hydrogen) atoms. The Morgan fingerprint density at radius 1 is 1.35 bits per heavy atom. The number of hydrogen-bond acceptors (Lipinski definition) is 5. The molecule has 0 saturated heterocycles. The third-order valence-corrected chi connectivity index (χ3v) is 3.94. The van der Waals surface area contributed by atoms with Crippen molar-refractivity contribution < 1.29 is 22.7 Å². The van der Waals surface area contributed by atoms with Gasteiger partial charge in [0.25, 0.3) is 10.0 Å². The van der Waals surface area contributed by atoms with Crippen LogP contribution in [0.15, 0.2) is 39.8 Å². The van der Waals surface area contributed by atoms with Gasteiger partial charge in [0, 0.05) is 5.02 Å². The van der Waals surface area contributed by atoms with Crippen molar-refractivity contribution in [2.75, 3.05) is 11.8 Å². The average molecular weight is 318 g/mol. The normalized spacial score (nSPS) is 11.3. The zero-order valence-corrected chi connectivity index (χ0v) is 12.0. The van der Waals surface area contributed by atoms with E-state index in [1.165, 1.54) is 25.3 Å². The Morgan fingerprint density at radius 3 is 2.70 bits per heavy atom. The SMILES string of the molecule is COc1ccc(Cl)cc1NS(=O)(=O)c1ccc(CO)o1. The molecule has 0 fully saturated rings. The lowest BCUT2D eigenvalue weighted by atomic mass is 10.3. The molecule has 0 radical (unpaired) electrons. The molecule has 6 nitrogen and oxygen atoms in total. The van der Waals surface area contributed by atoms with Crippen LogP contribution in [0.3, 0.4) is 0 Å². The quantitative estimate of drug-likeness (QED) is 0.882. The summed E-state index contributed by atoms with van der Waals surface area (Å²) < 4.78 is 36.6. The van der Waals surface area contributed by atoms with Gasteiger partial charge in [-0.3, -0.25) is 4.72 Å². The Kier molecular flexibility index (Phi) is 4.22. The fourth-order valence-electron chi connectivity index (χ4n) is 1.54. The second kappa shape index (κ2) is 5.74. The van der Waals surface area contributed by atoms with Crippen LogP contribution in [0, 0.1) is 0 Å². The highest BCUT2D eigenvalue weighted by atomic mass is 35.5. The van der Waals surface area contributed by atoms with E-state index in [-0.39, 0.29) is 23.1 Å². The molecule has 8 heteroatoms. The lowest BCUT2D eigenvalue weighted by Crippen LogP contribution is -2.12. The number of anilines is 1. The number of aliphatic hydroxyl groups is 1. The average Bonchev–Trinajstić information content (AvgIpc) is 2.88. The van der Waals surface area contributed by atoms with Crippen molar-refractivity contribution in [1.82, 2.24) is 0 Å². The maximum atomic E-state index is 12.1. The Hall–Kier alpha value is -1.70. The fraction of sp³-hybridized carbons (Fsp3) is 0.167. The molecule has 0 atom stereocenters. The number of sulfonamides is 1. The fourth-order valence-corrected chi connectivity index (χ4v) is 2.73. The molecule has 108 valence electrons. The largest absolute Gasteiger partial charge is 0.495 e. The second-order valence-corrected chi connectivity index (χ2v) is 5.88. The van der Waals surface area contributed by atoms with Gasteiger partial charge in [-0.15, -0.1) is 0 Å². The number of aliphatic hydroxyl groups excluding tert-OH is 1. The van der Waals surface area contributed by atoms with Crippen LogP contribution in [0.1, 0.15) is 5.76 Å². The lowest BCUT2D eigenvalue weighted by Gasteiger charge is -2.10. The highest BCUT2D eigenvalue weighted by molar-refractivity contribution is 7.92. The van der Waals surface area contributed by atoms with E-state index in [1.54, 1.807) is 12.1 Å². The molecule has 0 aliphatic heterocycles. The van der Waals surface area contributed by atoms with Crippen LogP contribution in [0.5, 0.6) is 5.75 Å². The first kappa shape index (κ1) is 14.7. The van der Waals surface area contributed by atoms with Crippen molar-refractivity contribution in [2.45, 2.75) is 11.7 Å². The van der Waals surface area contributed by atoms with Crippen LogP contribution in [0.25, 0.3) is 0 Å². The number of methoxy groups -OCH3 is 1. The molecule has 0 unspecified atom stereocenters. The number of furan rings is 1. The van der Waals surface area contributed by atoms with Gasteiger partial charge in [0.05, 0.1) is 12.8 Å². The zero-order valence-electron chi connectivity index (χ0n) is 10.5. The predicted molar refractivity (Wildman–Crippen MR) is 73.4 cm³/mol. The number of halogens is 1. The van der Waals surface area contributed by atoms with Gasteiger partial charge in [-0.05, 0) is 30.3 Å². The number of hydrogen-bond donors (Lipinski definition) is 2. The minimum Gasteiger partial charge on any atom is -0.495 e. The smallest absolute Gasteiger partial charge is 0.295 e. The van der Waals surface area contributed by atoms with Crippen molar-refractivity contribution in [3.63, 3.8) is 0 Å². The number of nitrogens with one attached hydrogen (secondary N) is 1. The number of benzene rings is 1. The summed E-state index contributed by atoms with van der Waals surface area (Å²) in [5.74, 6) is 0.482. The van der Waals surface area contributed by atoms with E-state index in [0.29, 0.717) is 10.8 Å². The van der Waals surface area contributed by atoms with Gasteiger partial charge < -0.3 is 14.3 Å². The topological polar surface area (TPSA) is 88.8 Å². The summed E-state index contributed by atoms with van der Waals surface area (Å²) in [4.78, 5) is 0. The third kappa shape index (κ3) is 3.06. The van der Waals surface area contributed by atoms with Gasteiger partial charge in [0.15, 0.2) is 0 Å². The highest BCUT2D eigenvalue weighted by Gasteiger charge is 2.20.